The van der Waals surface area contributed by atoms with E-state index in [1.54, 1.807) is 0 Å². The average Bonchev–Trinajstić information content (AvgIpc) is 2.43. The van der Waals surface area contributed by atoms with Gasteiger partial charge in [-0.2, -0.15) is 0 Å². The zero-order valence-corrected chi connectivity index (χ0v) is 11.9. The van der Waals surface area contributed by atoms with Crippen LogP contribution in [0.25, 0.3) is 0 Å². The van der Waals surface area contributed by atoms with E-state index in [0.29, 0.717) is 25.2 Å². The van der Waals surface area contributed by atoms with Gasteiger partial charge < -0.3 is 15.4 Å². The predicted octanol–water partition coefficient (Wildman–Crippen LogP) is 1.25. The summed E-state index contributed by atoms with van der Waals surface area (Å²) >= 11 is 0. The van der Waals surface area contributed by atoms with E-state index in [4.69, 9.17) is 10.5 Å². The summed E-state index contributed by atoms with van der Waals surface area (Å²) in [7, 11) is 0. The number of carbonyl (C=O) groups is 1. The van der Waals surface area contributed by atoms with E-state index in [1.807, 2.05) is 43.0 Å². The topological polar surface area (TPSA) is 55.6 Å². The van der Waals surface area contributed by atoms with E-state index in [2.05, 4.69) is 11.8 Å². The van der Waals surface area contributed by atoms with Crippen LogP contribution in [0.4, 0.5) is 0 Å². The predicted molar refractivity (Wildman–Crippen MR) is 78.3 cm³/mol. The normalized spacial score (nSPS) is 22.1. The van der Waals surface area contributed by atoms with Gasteiger partial charge in [-0.25, -0.2) is 0 Å². The number of amides is 1. The van der Waals surface area contributed by atoms with Crippen LogP contribution in [0.1, 0.15) is 29.8 Å². The van der Waals surface area contributed by atoms with E-state index >= 15 is 0 Å². The molecule has 1 saturated heterocycles. The summed E-state index contributed by atoms with van der Waals surface area (Å²) in [6.45, 7) is 5.54. The van der Waals surface area contributed by atoms with Crippen molar-refractivity contribution in [3.8, 4) is 11.8 Å². The van der Waals surface area contributed by atoms with Crippen LogP contribution >= 0.6 is 0 Å². The standard InChI is InChI=1S/C16H20N2O2/c1-12-10-18(11-13(2)20-12)16(19)15-7-3-5-14(9-15)6-4-8-17/h3,5,7,9,12-13H,8,10-11,17H2,1-2H3/t12-,13+. The Kier molecular flexibility index (Phi) is 4.78. The van der Waals surface area contributed by atoms with Crippen molar-refractivity contribution in [2.75, 3.05) is 19.6 Å². The van der Waals surface area contributed by atoms with Crippen molar-refractivity contribution in [3.05, 3.63) is 35.4 Å². The fraction of sp³-hybridized carbons (Fsp3) is 0.438. The second-order valence-corrected chi connectivity index (χ2v) is 5.05. The molecule has 0 radical (unpaired) electrons. The molecule has 1 aliphatic rings. The van der Waals surface area contributed by atoms with Crippen molar-refractivity contribution in [2.45, 2.75) is 26.1 Å². The summed E-state index contributed by atoms with van der Waals surface area (Å²) < 4.78 is 5.65. The Hall–Kier alpha value is -1.83. The van der Waals surface area contributed by atoms with Gasteiger partial charge in [0.15, 0.2) is 0 Å². The Morgan fingerprint density at radius 3 is 2.75 bits per heavy atom. The van der Waals surface area contributed by atoms with E-state index in [-0.39, 0.29) is 18.1 Å². The largest absolute Gasteiger partial charge is 0.372 e. The molecular weight excluding hydrogens is 252 g/mol. The first-order valence-corrected chi connectivity index (χ1v) is 6.84. The number of hydrogen-bond acceptors (Lipinski definition) is 3. The monoisotopic (exact) mass is 272 g/mol. The summed E-state index contributed by atoms with van der Waals surface area (Å²) in [6, 6.07) is 7.36. The van der Waals surface area contributed by atoms with E-state index < -0.39 is 0 Å². The van der Waals surface area contributed by atoms with E-state index in [0.717, 1.165) is 5.56 Å². The second-order valence-electron chi connectivity index (χ2n) is 5.05. The number of morpholine rings is 1. The Bertz CT molecular complexity index is 535. The van der Waals surface area contributed by atoms with Crippen LogP contribution in [-0.4, -0.2) is 42.6 Å². The molecular formula is C16H20N2O2. The lowest BCUT2D eigenvalue weighted by Gasteiger charge is -2.35. The van der Waals surface area contributed by atoms with Crippen molar-refractivity contribution >= 4 is 5.91 Å². The fourth-order valence-corrected chi connectivity index (χ4v) is 2.41. The summed E-state index contributed by atoms with van der Waals surface area (Å²) in [4.78, 5) is 14.4. The summed E-state index contributed by atoms with van der Waals surface area (Å²) in [5.41, 5.74) is 6.84. The summed E-state index contributed by atoms with van der Waals surface area (Å²) in [6.07, 6.45) is 0.144. The number of hydrogen-bond donors (Lipinski definition) is 1. The number of nitrogens with two attached hydrogens (primary N) is 1. The first-order chi connectivity index (χ1) is 9.60. The highest BCUT2D eigenvalue weighted by Gasteiger charge is 2.26. The lowest BCUT2D eigenvalue weighted by Crippen LogP contribution is -2.48. The second kappa shape index (κ2) is 6.56. The minimum atomic E-state index is 0.0309. The quantitative estimate of drug-likeness (QED) is 0.783. The molecule has 4 heteroatoms. The highest BCUT2D eigenvalue weighted by atomic mass is 16.5. The van der Waals surface area contributed by atoms with Crippen LogP contribution in [0.3, 0.4) is 0 Å². The van der Waals surface area contributed by atoms with E-state index in [9.17, 15) is 4.79 Å². The van der Waals surface area contributed by atoms with Crippen molar-refractivity contribution in [2.24, 2.45) is 5.73 Å². The van der Waals surface area contributed by atoms with Gasteiger partial charge in [0.1, 0.15) is 0 Å². The third kappa shape index (κ3) is 3.60. The first-order valence-electron chi connectivity index (χ1n) is 6.84. The molecule has 0 saturated carbocycles. The number of rotatable bonds is 1. The van der Waals surface area contributed by atoms with Crippen LogP contribution in [0.2, 0.25) is 0 Å². The molecule has 4 nitrogen and oxygen atoms in total. The molecule has 1 aliphatic heterocycles. The average molecular weight is 272 g/mol. The van der Waals surface area contributed by atoms with Crippen LogP contribution < -0.4 is 5.73 Å². The third-order valence-electron chi connectivity index (χ3n) is 3.15. The van der Waals surface area contributed by atoms with Gasteiger partial charge in [-0.05, 0) is 32.0 Å². The van der Waals surface area contributed by atoms with Gasteiger partial charge >= 0.3 is 0 Å². The lowest BCUT2D eigenvalue weighted by atomic mass is 10.1. The van der Waals surface area contributed by atoms with Gasteiger partial charge in [-0.1, -0.05) is 17.9 Å². The maximum atomic E-state index is 12.5. The highest BCUT2D eigenvalue weighted by molar-refractivity contribution is 5.94. The SMILES string of the molecule is C[C@@H]1CN(C(=O)c2cccc(C#CCN)c2)C[C@H](C)O1. The number of nitrogens with zero attached hydrogens (tertiary/aromatic N) is 1. The van der Waals surface area contributed by atoms with Crippen molar-refractivity contribution in [3.63, 3.8) is 0 Å². The number of ether oxygens (including phenoxy) is 1. The highest BCUT2D eigenvalue weighted by Crippen LogP contribution is 2.15. The zero-order chi connectivity index (χ0) is 14.5. The molecule has 0 spiro atoms. The molecule has 20 heavy (non-hydrogen) atoms. The maximum absolute atomic E-state index is 12.5. The van der Waals surface area contributed by atoms with Gasteiger partial charge in [0.25, 0.3) is 5.91 Å². The Balaban J connectivity index is 2.16. The third-order valence-corrected chi connectivity index (χ3v) is 3.15. The van der Waals surface area contributed by atoms with Gasteiger partial charge in [0, 0.05) is 24.2 Å². The molecule has 0 aromatic heterocycles. The van der Waals surface area contributed by atoms with Gasteiger partial charge in [-0.15, -0.1) is 0 Å². The zero-order valence-electron chi connectivity index (χ0n) is 11.9. The van der Waals surface area contributed by atoms with Crippen molar-refractivity contribution < 1.29 is 9.53 Å². The van der Waals surface area contributed by atoms with Gasteiger partial charge in [0.05, 0.1) is 18.8 Å². The van der Waals surface area contributed by atoms with Gasteiger partial charge in [-0.3, -0.25) is 4.79 Å². The molecule has 0 bridgehead atoms. The Morgan fingerprint density at radius 1 is 1.40 bits per heavy atom. The molecule has 0 aliphatic carbocycles. The molecule has 1 aromatic carbocycles. The van der Waals surface area contributed by atoms with Crippen LogP contribution in [0.5, 0.6) is 0 Å². The molecule has 1 heterocycles. The molecule has 1 fully saturated rings. The molecule has 2 rings (SSSR count). The van der Waals surface area contributed by atoms with Crippen molar-refractivity contribution in [1.29, 1.82) is 0 Å². The molecule has 1 aromatic rings. The lowest BCUT2D eigenvalue weighted by molar-refractivity contribution is -0.0586. The summed E-state index contributed by atoms with van der Waals surface area (Å²) in [5, 5.41) is 0. The summed E-state index contributed by atoms with van der Waals surface area (Å²) in [5.74, 6) is 5.78. The smallest absolute Gasteiger partial charge is 0.254 e. The van der Waals surface area contributed by atoms with E-state index in [1.165, 1.54) is 0 Å². The maximum Gasteiger partial charge on any atom is 0.254 e. The Labute approximate surface area is 119 Å². The molecule has 0 unspecified atom stereocenters. The number of carbonyl (C=O) groups excluding carboxylic acids is 1. The number of benzene rings is 1. The van der Waals surface area contributed by atoms with Gasteiger partial charge in [0.2, 0.25) is 0 Å². The van der Waals surface area contributed by atoms with Crippen molar-refractivity contribution in [1.82, 2.24) is 4.90 Å². The van der Waals surface area contributed by atoms with Crippen LogP contribution in [0, 0.1) is 11.8 Å². The minimum Gasteiger partial charge on any atom is -0.372 e. The first kappa shape index (κ1) is 14.6. The molecule has 1 amide bonds. The molecule has 2 atom stereocenters. The minimum absolute atomic E-state index is 0.0309. The molecule has 106 valence electrons. The molecule has 2 N–H and O–H groups in total. The van der Waals surface area contributed by atoms with Crippen LogP contribution in [0.15, 0.2) is 24.3 Å². The fourth-order valence-electron chi connectivity index (χ4n) is 2.41. The van der Waals surface area contributed by atoms with Crippen LogP contribution in [-0.2, 0) is 4.74 Å². The Morgan fingerprint density at radius 2 is 2.10 bits per heavy atom.